The van der Waals surface area contributed by atoms with Crippen molar-refractivity contribution in [2.24, 2.45) is 0 Å². The highest BCUT2D eigenvalue weighted by atomic mass is 19.1. The van der Waals surface area contributed by atoms with E-state index >= 15 is 0 Å². The van der Waals surface area contributed by atoms with Crippen LogP contribution in [0, 0.1) is 5.82 Å². The topological polar surface area (TPSA) is 59.8 Å². The maximum Gasteiger partial charge on any atom is 0.289 e. The molecule has 6 heteroatoms. The largest absolute Gasteiger partial charge is 0.343 e. The Morgan fingerprint density at radius 1 is 1.26 bits per heavy atom. The molecule has 122 valence electrons. The summed E-state index contributed by atoms with van der Waals surface area (Å²) in [6.07, 6.45) is 4.87. The normalized spacial score (nSPS) is 15.6. The van der Waals surface area contributed by atoms with E-state index in [0.717, 1.165) is 50.0 Å². The number of hydrogen-bond donors (Lipinski definition) is 1. The fraction of sp³-hybridized carbons (Fsp3) is 0.471. The smallest absolute Gasteiger partial charge is 0.289 e. The minimum Gasteiger partial charge on any atom is -0.343 e. The van der Waals surface area contributed by atoms with Gasteiger partial charge in [-0.15, -0.1) is 10.2 Å². The molecule has 1 aliphatic heterocycles. The Balaban J connectivity index is 1.78. The third kappa shape index (κ3) is 3.41. The highest BCUT2D eigenvalue weighted by Crippen LogP contribution is 2.19. The highest BCUT2D eigenvalue weighted by molar-refractivity contribution is 5.91. The average Bonchev–Trinajstić information content (AvgIpc) is 2.82. The van der Waals surface area contributed by atoms with E-state index < -0.39 is 0 Å². The van der Waals surface area contributed by atoms with Crippen LogP contribution >= 0.6 is 0 Å². The SMILES string of the molecule is CC[C@@H](NC(=O)c1nnc2n1CCCCC2)c1ccc(F)cc1. The first kappa shape index (κ1) is 15.6. The number of carbonyl (C=O) groups excluding carboxylic acids is 1. The van der Waals surface area contributed by atoms with Crippen LogP contribution in [0.25, 0.3) is 0 Å². The summed E-state index contributed by atoms with van der Waals surface area (Å²) in [7, 11) is 0. The molecule has 0 bridgehead atoms. The molecule has 0 spiro atoms. The maximum absolute atomic E-state index is 13.1. The number of nitrogens with zero attached hydrogens (tertiary/aromatic N) is 3. The average molecular weight is 316 g/mol. The standard InChI is InChI=1S/C17H21FN4O/c1-2-14(12-7-9-13(18)10-8-12)19-17(23)16-21-20-15-6-4-3-5-11-22(15)16/h7-10,14H,2-6,11H2,1H3,(H,19,23)/t14-/m1/s1. The van der Waals surface area contributed by atoms with Crippen LogP contribution in [-0.2, 0) is 13.0 Å². The predicted octanol–water partition coefficient (Wildman–Crippen LogP) is 3.02. The second-order valence-electron chi connectivity index (χ2n) is 5.89. The Morgan fingerprint density at radius 2 is 2.04 bits per heavy atom. The lowest BCUT2D eigenvalue weighted by molar-refractivity contribution is 0.0920. The number of hydrogen-bond acceptors (Lipinski definition) is 3. The van der Waals surface area contributed by atoms with Gasteiger partial charge in [-0.3, -0.25) is 4.79 Å². The Bertz CT molecular complexity index is 680. The van der Waals surface area contributed by atoms with Gasteiger partial charge in [0.05, 0.1) is 6.04 Å². The first-order chi connectivity index (χ1) is 11.2. The number of nitrogens with one attached hydrogen (secondary N) is 1. The number of aryl methyl sites for hydroxylation is 1. The van der Waals surface area contributed by atoms with E-state index in [2.05, 4.69) is 15.5 Å². The first-order valence-electron chi connectivity index (χ1n) is 8.17. The summed E-state index contributed by atoms with van der Waals surface area (Å²) in [6, 6.07) is 6.06. The van der Waals surface area contributed by atoms with Crippen molar-refractivity contribution >= 4 is 5.91 Å². The van der Waals surface area contributed by atoms with Crippen LogP contribution in [0.5, 0.6) is 0 Å². The lowest BCUT2D eigenvalue weighted by Crippen LogP contribution is -2.30. The van der Waals surface area contributed by atoms with Gasteiger partial charge < -0.3 is 9.88 Å². The van der Waals surface area contributed by atoms with Crippen molar-refractivity contribution in [1.29, 1.82) is 0 Å². The van der Waals surface area contributed by atoms with E-state index in [0.29, 0.717) is 5.82 Å². The predicted molar refractivity (Wildman–Crippen MR) is 84.5 cm³/mol. The molecule has 0 saturated carbocycles. The Kier molecular flexibility index (Phi) is 4.69. The molecule has 0 radical (unpaired) electrons. The fourth-order valence-corrected chi connectivity index (χ4v) is 2.99. The molecule has 1 amide bonds. The minimum absolute atomic E-state index is 0.165. The first-order valence-corrected chi connectivity index (χ1v) is 8.17. The summed E-state index contributed by atoms with van der Waals surface area (Å²) >= 11 is 0. The highest BCUT2D eigenvalue weighted by Gasteiger charge is 2.22. The maximum atomic E-state index is 13.1. The van der Waals surface area contributed by atoms with Crippen molar-refractivity contribution in [3.05, 3.63) is 47.3 Å². The molecular weight excluding hydrogens is 295 g/mol. The molecule has 0 fully saturated rings. The molecular formula is C17H21FN4O. The number of fused-ring (bicyclic) bond motifs is 1. The van der Waals surface area contributed by atoms with Crippen LogP contribution in [-0.4, -0.2) is 20.7 Å². The van der Waals surface area contributed by atoms with E-state index in [1.165, 1.54) is 12.1 Å². The van der Waals surface area contributed by atoms with Crippen LogP contribution in [0.2, 0.25) is 0 Å². The number of carbonyl (C=O) groups is 1. The van der Waals surface area contributed by atoms with Crippen LogP contribution in [0.15, 0.2) is 24.3 Å². The summed E-state index contributed by atoms with van der Waals surface area (Å²) < 4.78 is 15.0. The number of benzene rings is 1. The van der Waals surface area contributed by atoms with Crippen molar-refractivity contribution in [1.82, 2.24) is 20.1 Å². The van der Waals surface area contributed by atoms with Crippen molar-refractivity contribution < 1.29 is 9.18 Å². The van der Waals surface area contributed by atoms with Crippen LogP contribution in [0.3, 0.4) is 0 Å². The van der Waals surface area contributed by atoms with E-state index in [9.17, 15) is 9.18 Å². The lowest BCUT2D eigenvalue weighted by Gasteiger charge is -2.17. The molecule has 3 rings (SSSR count). The van der Waals surface area contributed by atoms with Gasteiger partial charge in [-0.1, -0.05) is 25.5 Å². The van der Waals surface area contributed by atoms with Crippen molar-refractivity contribution in [3.63, 3.8) is 0 Å². The van der Waals surface area contributed by atoms with Gasteiger partial charge in [0.1, 0.15) is 11.6 Å². The number of amides is 1. The summed E-state index contributed by atoms with van der Waals surface area (Å²) in [5.74, 6) is 0.768. The van der Waals surface area contributed by atoms with Gasteiger partial charge in [-0.2, -0.15) is 0 Å². The van der Waals surface area contributed by atoms with E-state index in [1.54, 1.807) is 12.1 Å². The summed E-state index contributed by atoms with van der Waals surface area (Å²) in [5.41, 5.74) is 0.887. The molecule has 0 saturated heterocycles. The Morgan fingerprint density at radius 3 is 2.78 bits per heavy atom. The molecule has 2 aromatic rings. The van der Waals surface area contributed by atoms with Gasteiger partial charge in [0.15, 0.2) is 0 Å². The molecule has 0 unspecified atom stereocenters. The molecule has 23 heavy (non-hydrogen) atoms. The number of rotatable bonds is 4. The molecule has 1 N–H and O–H groups in total. The van der Waals surface area contributed by atoms with Gasteiger partial charge in [0, 0.05) is 13.0 Å². The van der Waals surface area contributed by atoms with E-state index in [-0.39, 0.29) is 17.8 Å². The monoisotopic (exact) mass is 316 g/mol. The second kappa shape index (κ2) is 6.89. The minimum atomic E-state index is -0.280. The van der Waals surface area contributed by atoms with Gasteiger partial charge in [0.25, 0.3) is 5.91 Å². The molecule has 1 atom stereocenters. The second-order valence-corrected chi connectivity index (χ2v) is 5.89. The fourth-order valence-electron chi connectivity index (χ4n) is 2.99. The molecule has 2 heterocycles. The number of aromatic nitrogens is 3. The zero-order valence-electron chi connectivity index (χ0n) is 13.3. The molecule has 5 nitrogen and oxygen atoms in total. The van der Waals surface area contributed by atoms with Crippen molar-refractivity contribution in [3.8, 4) is 0 Å². The van der Waals surface area contributed by atoms with Gasteiger partial charge >= 0.3 is 0 Å². The summed E-state index contributed by atoms with van der Waals surface area (Å²) in [6.45, 7) is 2.77. The quantitative estimate of drug-likeness (QED) is 0.943. The van der Waals surface area contributed by atoms with Gasteiger partial charge in [-0.05, 0) is 37.0 Å². The molecule has 0 aliphatic carbocycles. The Labute approximate surface area is 134 Å². The van der Waals surface area contributed by atoms with Gasteiger partial charge in [-0.25, -0.2) is 4.39 Å². The third-order valence-corrected chi connectivity index (χ3v) is 4.30. The van der Waals surface area contributed by atoms with Crippen LogP contribution in [0.4, 0.5) is 4.39 Å². The van der Waals surface area contributed by atoms with Gasteiger partial charge in [0.2, 0.25) is 5.82 Å². The van der Waals surface area contributed by atoms with E-state index in [1.807, 2.05) is 11.5 Å². The lowest BCUT2D eigenvalue weighted by atomic mass is 10.0. The molecule has 1 aromatic carbocycles. The number of halogens is 1. The van der Waals surface area contributed by atoms with Crippen LogP contribution in [0.1, 0.15) is 60.7 Å². The molecule has 1 aliphatic rings. The Hall–Kier alpha value is -2.24. The third-order valence-electron chi connectivity index (χ3n) is 4.30. The van der Waals surface area contributed by atoms with Crippen LogP contribution < -0.4 is 5.32 Å². The van der Waals surface area contributed by atoms with Crippen molar-refractivity contribution in [2.45, 2.75) is 51.6 Å². The van der Waals surface area contributed by atoms with E-state index in [4.69, 9.17) is 0 Å². The summed E-state index contributed by atoms with van der Waals surface area (Å²) in [5, 5.41) is 11.2. The molecule has 1 aromatic heterocycles. The zero-order chi connectivity index (χ0) is 16.2. The summed E-state index contributed by atoms with van der Waals surface area (Å²) in [4.78, 5) is 12.6. The zero-order valence-corrected chi connectivity index (χ0v) is 13.3. The van der Waals surface area contributed by atoms with Crippen molar-refractivity contribution in [2.75, 3.05) is 0 Å².